The van der Waals surface area contributed by atoms with Crippen molar-refractivity contribution in [3.8, 4) is 5.75 Å². The molecule has 0 saturated carbocycles. The molecule has 4 heteroatoms. The summed E-state index contributed by atoms with van der Waals surface area (Å²) in [4.78, 5) is 10.9. The van der Waals surface area contributed by atoms with Gasteiger partial charge in [0, 0.05) is 4.47 Å². The Morgan fingerprint density at radius 2 is 1.87 bits per heavy atom. The highest BCUT2D eigenvalue weighted by Crippen LogP contribution is 2.27. The van der Waals surface area contributed by atoms with Crippen LogP contribution in [0.2, 0.25) is 0 Å². The second kappa shape index (κ2) is 4.66. The first-order chi connectivity index (χ1) is 6.91. The van der Waals surface area contributed by atoms with Gasteiger partial charge in [-0.1, -0.05) is 15.9 Å². The summed E-state index contributed by atoms with van der Waals surface area (Å²) < 4.78 is 6.49. The Morgan fingerprint density at radius 1 is 1.40 bits per heavy atom. The minimum absolute atomic E-state index is 0.461. The minimum Gasteiger partial charge on any atom is -0.480 e. The topological polar surface area (TPSA) is 52.3 Å². The smallest absolute Gasteiger partial charge is 0.258 e. The van der Waals surface area contributed by atoms with Crippen molar-refractivity contribution in [2.75, 3.05) is 0 Å². The van der Waals surface area contributed by atoms with Crippen molar-refractivity contribution in [1.29, 1.82) is 0 Å². The zero-order valence-corrected chi connectivity index (χ0v) is 10.6. The van der Waals surface area contributed by atoms with E-state index in [0.29, 0.717) is 0 Å². The Bertz CT molecular complexity index is 367. The van der Waals surface area contributed by atoms with E-state index in [1.807, 2.05) is 26.0 Å². The van der Waals surface area contributed by atoms with Crippen molar-refractivity contribution < 1.29 is 9.53 Å². The zero-order valence-electron chi connectivity index (χ0n) is 9.00. The second-order valence-corrected chi connectivity index (χ2v) is 4.45. The predicted molar refractivity (Wildman–Crippen MR) is 62.9 cm³/mol. The number of amides is 1. The number of hydrogen-bond acceptors (Lipinski definition) is 2. The zero-order chi connectivity index (χ0) is 11.6. The van der Waals surface area contributed by atoms with Crippen molar-refractivity contribution in [1.82, 2.24) is 0 Å². The fraction of sp³-hybridized carbons (Fsp3) is 0.364. The van der Waals surface area contributed by atoms with Gasteiger partial charge in [-0.3, -0.25) is 4.79 Å². The minimum atomic E-state index is -0.608. The Hall–Kier alpha value is -1.03. The lowest BCUT2D eigenvalue weighted by atomic mass is 10.1. The van der Waals surface area contributed by atoms with E-state index in [2.05, 4.69) is 15.9 Å². The fourth-order valence-corrected chi connectivity index (χ4v) is 2.00. The number of nitrogens with two attached hydrogens (primary N) is 1. The van der Waals surface area contributed by atoms with E-state index in [-0.39, 0.29) is 0 Å². The Morgan fingerprint density at radius 3 is 2.27 bits per heavy atom. The predicted octanol–water partition coefficient (Wildman–Crippen LogP) is 2.32. The van der Waals surface area contributed by atoms with E-state index in [1.54, 1.807) is 6.92 Å². The molecule has 1 atom stereocenters. The van der Waals surface area contributed by atoms with Gasteiger partial charge < -0.3 is 10.5 Å². The number of ether oxygens (including phenoxy) is 1. The molecule has 2 N–H and O–H groups in total. The van der Waals surface area contributed by atoms with E-state index in [9.17, 15) is 4.79 Å². The van der Waals surface area contributed by atoms with E-state index < -0.39 is 12.0 Å². The maximum absolute atomic E-state index is 10.9. The number of benzene rings is 1. The van der Waals surface area contributed by atoms with Gasteiger partial charge >= 0.3 is 0 Å². The molecule has 0 unspecified atom stereocenters. The second-order valence-electron chi connectivity index (χ2n) is 3.53. The van der Waals surface area contributed by atoms with Gasteiger partial charge in [-0.2, -0.15) is 0 Å². The first kappa shape index (κ1) is 12.0. The standard InChI is InChI=1S/C11H14BrNO2/c1-6-4-9(12)5-7(2)10(6)15-8(3)11(13)14/h4-5,8H,1-3H3,(H2,13,14)/t8-/m1/s1. The van der Waals surface area contributed by atoms with Crippen molar-refractivity contribution in [3.05, 3.63) is 27.7 Å². The molecular weight excluding hydrogens is 258 g/mol. The van der Waals surface area contributed by atoms with Crippen LogP contribution in [0.15, 0.2) is 16.6 Å². The van der Waals surface area contributed by atoms with E-state index in [1.165, 1.54) is 0 Å². The summed E-state index contributed by atoms with van der Waals surface area (Å²) in [6.07, 6.45) is -0.608. The Labute approximate surface area is 97.7 Å². The van der Waals surface area contributed by atoms with Gasteiger partial charge in [-0.05, 0) is 44.0 Å². The quantitative estimate of drug-likeness (QED) is 0.918. The van der Waals surface area contributed by atoms with Crippen LogP contribution < -0.4 is 10.5 Å². The molecule has 15 heavy (non-hydrogen) atoms. The maximum Gasteiger partial charge on any atom is 0.258 e. The van der Waals surface area contributed by atoms with Gasteiger partial charge in [-0.25, -0.2) is 0 Å². The van der Waals surface area contributed by atoms with Crippen molar-refractivity contribution in [2.24, 2.45) is 5.73 Å². The normalized spacial score (nSPS) is 12.3. The van der Waals surface area contributed by atoms with Crippen LogP contribution in [0.4, 0.5) is 0 Å². The van der Waals surface area contributed by atoms with E-state index in [4.69, 9.17) is 10.5 Å². The number of carbonyl (C=O) groups is 1. The summed E-state index contributed by atoms with van der Waals surface area (Å²) in [5, 5.41) is 0. The first-order valence-corrected chi connectivity index (χ1v) is 5.44. The Kier molecular flexibility index (Phi) is 3.74. The van der Waals surface area contributed by atoms with Crippen LogP contribution in [0, 0.1) is 13.8 Å². The van der Waals surface area contributed by atoms with E-state index >= 15 is 0 Å². The molecule has 0 radical (unpaired) electrons. The molecule has 0 aliphatic heterocycles. The number of halogens is 1. The molecule has 0 spiro atoms. The van der Waals surface area contributed by atoms with Crippen LogP contribution in [0.5, 0.6) is 5.75 Å². The SMILES string of the molecule is Cc1cc(Br)cc(C)c1O[C@H](C)C(N)=O. The summed E-state index contributed by atoms with van der Waals surface area (Å²) in [5.74, 6) is 0.265. The fourth-order valence-electron chi connectivity index (χ4n) is 1.32. The van der Waals surface area contributed by atoms with Crippen molar-refractivity contribution in [2.45, 2.75) is 26.9 Å². The van der Waals surface area contributed by atoms with Gasteiger partial charge in [0.2, 0.25) is 0 Å². The highest BCUT2D eigenvalue weighted by Gasteiger charge is 2.13. The van der Waals surface area contributed by atoms with Gasteiger partial charge in [0.15, 0.2) is 6.10 Å². The molecule has 0 heterocycles. The molecule has 0 bridgehead atoms. The third-order valence-corrected chi connectivity index (χ3v) is 2.58. The van der Waals surface area contributed by atoms with Crippen LogP contribution >= 0.6 is 15.9 Å². The van der Waals surface area contributed by atoms with Crippen molar-refractivity contribution in [3.63, 3.8) is 0 Å². The van der Waals surface area contributed by atoms with Crippen molar-refractivity contribution >= 4 is 21.8 Å². The summed E-state index contributed by atoms with van der Waals surface area (Å²) in [6, 6.07) is 3.88. The number of hydrogen-bond donors (Lipinski definition) is 1. The molecule has 0 saturated heterocycles. The van der Waals surface area contributed by atoms with Gasteiger partial charge in [-0.15, -0.1) is 0 Å². The molecule has 3 nitrogen and oxygen atoms in total. The van der Waals surface area contributed by atoms with Crippen LogP contribution in [0.1, 0.15) is 18.1 Å². The third-order valence-electron chi connectivity index (χ3n) is 2.12. The van der Waals surface area contributed by atoms with Gasteiger partial charge in [0.05, 0.1) is 0 Å². The molecule has 0 fully saturated rings. The number of carbonyl (C=O) groups excluding carboxylic acids is 1. The largest absolute Gasteiger partial charge is 0.480 e. The monoisotopic (exact) mass is 271 g/mol. The van der Waals surface area contributed by atoms with Crippen LogP contribution in [-0.4, -0.2) is 12.0 Å². The van der Waals surface area contributed by atoms with Crippen LogP contribution in [0.3, 0.4) is 0 Å². The third kappa shape index (κ3) is 2.96. The number of rotatable bonds is 3. The molecular formula is C11H14BrNO2. The lowest BCUT2D eigenvalue weighted by Crippen LogP contribution is -2.31. The van der Waals surface area contributed by atoms with Gasteiger partial charge in [0.1, 0.15) is 5.75 Å². The molecule has 82 valence electrons. The molecule has 1 aromatic rings. The molecule has 1 aromatic carbocycles. The summed E-state index contributed by atoms with van der Waals surface area (Å²) in [7, 11) is 0. The van der Waals surface area contributed by atoms with Crippen LogP contribution in [0.25, 0.3) is 0 Å². The van der Waals surface area contributed by atoms with Crippen LogP contribution in [-0.2, 0) is 4.79 Å². The highest BCUT2D eigenvalue weighted by atomic mass is 79.9. The average molecular weight is 272 g/mol. The Balaban J connectivity index is 3.00. The number of primary amides is 1. The first-order valence-electron chi connectivity index (χ1n) is 4.64. The highest BCUT2D eigenvalue weighted by molar-refractivity contribution is 9.10. The summed E-state index contributed by atoms with van der Waals surface area (Å²) in [5.41, 5.74) is 7.10. The lowest BCUT2D eigenvalue weighted by molar-refractivity contribution is -0.124. The molecule has 1 amide bonds. The molecule has 0 aliphatic carbocycles. The summed E-state index contributed by atoms with van der Waals surface area (Å²) >= 11 is 3.40. The maximum atomic E-state index is 10.9. The summed E-state index contributed by atoms with van der Waals surface area (Å²) in [6.45, 7) is 5.50. The molecule has 1 rings (SSSR count). The molecule has 0 aliphatic rings. The van der Waals surface area contributed by atoms with Gasteiger partial charge in [0.25, 0.3) is 5.91 Å². The van der Waals surface area contributed by atoms with E-state index in [0.717, 1.165) is 21.3 Å². The number of aryl methyl sites for hydroxylation is 2. The lowest BCUT2D eigenvalue weighted by Gasteiger charge is -2.16. The average Bonchev–Trinajstić information content (AvgIpc) is 2.10. The molecule has 0 aromatic heterocycles.